The van der Waals surface area contributed by atoms with Crippen LogP contribution in [0.3, 0.4) is 0 Å². The van der Waals surface area contributed by atoms with Crippen LogP contribution in [0.1, 0.15) is 117 Å². The van der Waals surface area contributed by atoms with Crippen LogP contribution in [0.4, 0.5) is 0 Å². The third-order valence-electron chi connectivity index (χ3n) is 5.16. The largest absolute Gasteiger partial charge is 0.155 e. The van der Waals surface area contributed by atoms with Crippen molar-refractivity contribution in [2.75, 3.05) is 5.75 Å². The Morgan fingerprint density at radius 2 is 1.14 bits per heavy atom. The van der Waals surface area contributed by atoms with Crippen molar-refractivity contribution in [2.45, 2.75) is 121 Å². The summed E-state index contributed by atoms with van der Waals surface area (Å²) in [7, 11) is 0. The fourth-order valence-corrected chi connectivity index (χ4v) is 5.32. The summed E-state index contributed by atoms with van der Waals surface area (Å²) in [5.41, 5.74) is 0. The van der Waals surface area contributed by atoms with Crippen LogP contribution in [0.5, 0.6) is 0 Å². The molecule has 1 rings (SSSR count). The van der Waals surface area contributed by atoms with E-state index in [1.165, 1.54) is 108 Å². The van der Waals surface area contributed by atoms with Gasteiger partial charge in [0, 0.05) is 4.75 Å². The first kappa shape index (κ1) is 19.4. The zero-order valence-corrected chi connectivity index (χ0v) is 15.7. The zero-order valence-electron chi connectivity index (χ0n) is 14.9. The molecule has 126 valence electrons. The van der Waals surface area contributed by atoms with Gasteiger partial charge in [0.25, 0.3) is 0 Å². The molecule has 0 atom stereocenters. The third kappa shape index (κ3) is 9.16. The molecule has 1 saturated heterocycles. The monoisotopic (exact) mass is 312 g/mol. The van der Waals surface area contributed by atoms with Crippen molar-refractivity contribution in [2.24, 2.45) is 0 Å². The quantitative estimate of drug-likeness (QED) is 0.295. The van der Waals surface area contributed by atoms with E-state index in [1.807, 2.05) is 0 Å². The van der Waals surface area contributed by atoms with Gasteiger partial charge in [0.2, 0.25) is 0 Å². The van der Waals surface area contributed by atoms with Crippen molar-refractivity contribution < 1.29 is 0 Å². The summed E-state index contributed by atoms with van der Waals surface area (Å²) in [4.78, 5) is 0. The highest BCUT2D eigenvalue weighted by Gasteiger charge is 2.33. The molecule has 0 bridgehead atoms. The zero-order chi connectivity index (χ0) is 15.2. The number of rotatable bonds is 14. The van der Waals surface area contributed by atoms with Gasteiger partial charge in [-0.1, -0.05) is 90.9 Å². The Labute approximate surface area is 139 Å². The van der Waals surface area contributed by atoms with Gasteiger partial charge in [0.05, 0.1) is 0 Å². The van der Waals surface area contributed by atoms with Crippen molar-refractivity contribution in [1.29, 1.82) is 0 Å². The molecule has 0 aromatic carbocycles. The highest BCUT2D eigenvalue weighted by molar-refractivity contribution is 8.00. The highest BCUT2D eigenvalue weighted by Crippen LogP contribution is 2.45. The predicted molar refractivity (Wildman–Crippen MR) is 100 cm³/mol. The summed E-state index contributed by atoms with van der Waals surface area (Å²) in [6, 6.07) is 0. The number of hydrogen-bond donors (Lipinski definition) is 0. The average molecular weight is 313 g/mol. The SMILES string of the molecule is CCCCCCCCC1(CCCCCCCC)CCCS1. The summed E-state index contributed by atoms with van der Waals surface area (Å²) in [5.74, 6) is 1.44. The molecule has 1 aliphatic rings. The van der Waals surface area contributed by atoms with Crippen LogP contribution in [-0.4, -0.2) is 10.5 Å². The number of hydrogen-bond acceptors (Lipinski definition) is 1. The third-order valence-corrected chi connectivity index (χ3v) is 6.87. The Bertz CT molecular complexity index is 200. The summed E-state index contributed by atoms with van der Waals surface area (Å²) < 4.78 is 0.704. The number of thioether (sulfide) groups is 1. The van der Waals surface area contributed by atoms with E-state index in [0.717, 1.165) is 0 Å². The van der Waals surface area contributed by atoms with Crippen molar-refractivity contribution >= 4 is 11.8 Å². The van der Waals surface area contributed by atoms with E-state index in [9.17, 15) is 0 Å². The molecule has 0 aliphatic carbocycles. The Balaban J connectivity index is 2.09. The molecular formula is C20H40S. The molecule has 0 aromatic rings. The van der Waals surface area contributed by atoms with Gasteiger partial charge in [-0.15, -0.1) is 0 Å². The smallest absolute Gasteiger partial charge is 0.0160 e. The first-order valence-corrected chi connectivity index (χ1v) is 11.0. The first-order valence-electron chi connectivity index (χ1n) is 9.97. The predicted octanol–water partition coefficient (Wildman–Crippen LogP) is 7.75. The lowest BCUT2D eigenvalue weighted by Gasteiger charge is -2.28. The maximum Gasteiger partial charge on any atom is 0.0160 e. The lowest BCUT2D eigenvalue weighted by molar-refractivity contribution is 0.430. The maximum atomic E-state index is 2.33. The van der Waals surface area contributed by atoms with Crippen LogP contribution in [0.15, 0.2) is 0 Å². The first-order chi connectivity index (χ1) is 10.3. The lowest BCUT2D eigenvalue weighted by Crippen LogP contribution is -2.20. The fourth-order valence-electron chi connectivity index (χ4n) is 3.73. The molecule has 21 heavy (non-hydrogen) atoms. The van der Waals surface area contributed by atoms with Gasteiger partial charge in [-0.2, -0.15) is 11.8 Å². The molecule has 0 unspecified atom stereocenters. The summed E-state index contributed by atoms with van der Waals surface area (Å²) in [6.45, 7) is 4.62. The summed E-state index contributed by atoms with van der Waals surface area (Å²) in [6.07, 6.45) is 23.5. The van der Waals surface area contributed by atoms with Crippen LogP contribution in [-0.2, 0) is 0 Å². The Kier molecular flexibility index (Phi) is 11.9. The van der Waals surface area contributed by atoms with E-state index < -0.39 is 0 Å². The van der Waals surface area contributed by atoms with E-state index in [-0.39, 0.29) is 0 Å². The highest BCUT2D eigenvalue weighted by atomic mass is 32.2. The Morgan fingerprint density at radius 3 is 1.57 bits per heavy atom. The molecule has 0 aromatic heterocycles. The van der Waals surface area contributed by atoms with Crippen molar-refractivity contribution in [3.8, 4) is 0 Å². The van der Waals surface area contributed by atoms with E-state index in [0.29, 0.717) is 4.75 Å². The molecule has 1 fully saturated rings. The molecule has 0 saturated carbocycles. The van der Waals surface area contributed by atoms with Gasteiger partial charge in [-0.3, -0.25) is 0 Å². The minimum absolute atomic E-state index is 0.704. The lowest BCUT2D eigenvalue weighted by atomic mass is 9.90. The van der Waals surface area contributed by atoms with Crippen LogP contribution in [0.2, 0.25) is 0 Å². The van der Waals surface area contributed by atoms with Gasteiger partial charge in [0.15, 0.2) is 0 Å². The van der Waals surface area contributed by atoms with Crippen LogP contribution >= 0.6 is 11.8 Å². The van der Waals surface area contributed by atoms with Crippen LogP contribution < -0.4 is 0 Å². The van der Waals surface area contributed by atoms with Gasteiger partial charge in [-0.05, 0) is 31.4 Å². The standard InChI is InChI=1S/C20H40S/c1-3-5-7-9-11-13-16-20(18-15-19-21-20)17-14-12-10-8-6-4-2/h3-19H2,1-2H3. The van der Waals surface area contributed by atoms with E-state index in [4.69, 9.17) is 0 Å². The van der Waals surface area contributed by atoms with E-state index >= 15 is 0 Å². The minimum atomic E-state index is 0.704. The Morgan fingerprint density at radius 1 is 0.667 bits per heavy atom. The van der Waals surface area contributed by atoms with Gasteiger partial charge >= 0.3 is 0 Å². The molecule has 0 N–H and O–H groups in total. The van der Waals surface area contributed by atoms with Crippen LogP contribution in [0.25, 0.3) is 0 Å². The van der Waals surface area contributed by atoms with Gasteiger partial charge in [-0.25, -0.2) is 0 Å². The van der Waals surface area contributed by atoms with Crippen molar-refractivity contribution in [3.63, 3.8) is 0 Å². The maximum absolute atomic E-state index is 2.33. The second kappa shape index (κ2) is 12.9. The molecule has 0 spiro atoms. The topological polar surface area (TPSA) is 0 Å². The molecule has 1 heteroatoms. The Hall–Kier alpha value is 0.350. The summed E-state index contributed by atoms with van der Waals surface area (Å²) in [5, 5.41) is 0. The molecule has 1 aliphatic heterocycles. The van der Waals surface area contributed by atoms with Crippen molar-refractivity contribution in [1.82, 2.24) is 0 Å². The molecular weight excluding hydrogens is 272 g/mol. The molecule has 0 nitrogen and oxygen atoms in total. The van der Waals surface area contributed by atoms with E-state index in [1.54, 1.807) is 0 Å². The second-order valence-corrected chi connectivity index (χ2v) is 8.73. The van der Waals surface area contributed by atoms with Gasteiger partial charge < -0.3 is 0 Å². The molecule has 0 amide bonds. The molecule has 0 radical (unpaired) electrons. The van der Waals surface area contributed by atoms with Crippen LogP contribution in [0, 0.1) is 0 Å². The van der Waals surface area contributed by atoms with E-state index in [2.05, 4.69) is 25.6 Å². The molecule has 1 heterocycles. The normalized spacial score (nSPS) is 17.4. The number of unbranched alkanes of at least 4 members (excludes halogenated alkanes) is 10. The van der Waals surface area contributed by atoms with Gasteiger partial charge in [0.1, 0.15) is 0 Å². The summed E-state index contributed by atoms with van der Waals surface area (Å²) >= 11 is 2.33. The average Bonchev–Trinajstić information content (AvgIpc) is 2.96. The fraction of sp³-hybridized carbons (Fsp3) is 1.00. The second-order valence-electron chi connectivity index (χ2n) is 7.17. The minimum Gasteiger partial charge on any atom is -0.155 e. The van der Waals surface area contributed by atoms with Crippen molar-refractivity contribution in [3.05, 3.63) is 0 Å².